The molecule has 0 radical (unpaired) electrons. The fourth-order valence-electron chi connectivity index (χ4n) is 3.86. The lowest BCUT2D eigenvalue weighted by Crippen LogP contribution is -2.41. The van der Waals surface area contributed by atoms with E-state index in [0.717, 1.165) is 37.2 Å². The zero-order valence-electron chi connectivity index (χ0n) is 16.6. The zero-order valence-corrected chi connectivity index (χ0v) is 16.6. The Hall–Kier alpha value is -3.11. The lowest BCUT2D eigenvalue weighted by molar-refractivity contribution is -0.00260. The molecule has 148 valence electrons. The fourth-order valence-corrected chi connectivity index (χ4v) is 3.86. The third kappa shape index (κ3) is 4.49. The van der Waals surface area contributed by atoms with Gasteiger partial charge in [0.25, 0.3) is 0 Å². The number of esters is 1. The normalized spacial score (nSPS) is 15.4. The molecule has 1 atom stereocenters. The van der Waals surface area contributed by atoms with Crippen molar-refractivity contribution in [2.75, 3.05) is 7.11 Å². The maximum atomic E-state index is 12.1. The maximum absolute atomic E-state index is 12.1. The van der Waals surface area contributed by atoms with Gasteiger partial charge in [0.1, 0.15) is 5.75 Å². The van der Waals surface area contributed by atoms with Gasteiger partial charge in [0, 0.05) is 25.1 Å². The summed E-state index contributed by atoms with van der Waals surface area (Å²) in [5.74, 6) is 0.463. The lowest BCUT2D eigenvalue weighted by atomic mass is 9.98. The van der Waals surface area contributed by atoms with E-state index in [1.165, 1.54) is 18.2 Å². The molecule has 0 N–H and O–H groups in total. The Bertz CT molecular complexity index is 915. The molecule has 0 fully saturated rings. The molecule has 4 nitrogen and oxygen atoms in total. The van der Waals surface area contributed by atoms with Gasteiger partial charge >= 0.3 is 5.97 Å². The minimum Gasteiger partial charge on any atom is -0.475 e. The number of methoxy groups -OCH3 is 1. The number of rotatable bonds is 6. The Labute approximate surface area is 171 Å². The number of carbonyl (C=O) groups excluding carboxylic acids is 1. The van der Waals surface area contributed by atoms with Crippen LogP contribution < -0.4 is 4.74 Å². The summed E-state index contributed by atoms with van der Waals surface area (Å²) in [6.07, 6.45) is 1.54. The third-order valence-electron chi connectivity index (χ3n) is 5.31. The lowest BCUT2D eigenvalue weighted by Gasteiger charge is -2.36. The van der Waals surface area contributed by atoms with Crippen LogP contribution in [0.3, 0.4) is 0 Å². The van der Waals surface area contributed by atoms with E-state index in [0.29, 0.717) is 5.56 Å². The van der Waals surface area contributed by atoms with Gasteiger partial charge in [-0.25, -0.2) is 4.79 Å². The zero-order chi connectivity index (χ0) is 20.1. The predicted molar refractivity (Wildman–Crippen MR) is 113 cm³/mol. The Morgan fingerprint density at radius 3 is 2.14 bits per heavy atom. The number of hydrogen-bond donors (Lipinski definition) is 0. The number of nitrogens with zero attached hydrogens (tertiary/aromatic N) is 1. The summed E-state index contributed by atoms with van der Waals surface area (Å²) < 4.78 is 11.3. The Kier molecular flexibility index (Phi) is 5.92. The number of fused-ring (bicyclic) bond motifs is 1. The van der Waals surface area contributed by atoms with Gasteiger partial charge in [-0.3, -0.25) is 4.90 Å². The van der Waals surface area contributed by atoms with Gasteiger partial charge in [-0.05, 0) is 29.7 Å². The molecule has 0 spiro atoms. The molecule has 0 saturated heterocycles. The molecule has 29 heavy (non-hydrogen) atoms. The SMILES string of the molecule is COC(=O)c1cccc2c1CC[C@H](N(Cc1ccccc1)Cc1ccccc1)O2. The molecule has 4 heteroatoms. The number of benzene rings is 3. The molecule has 0 aliphatic carbocycles. The first-order valence-electron chi connectivity index (χ1n) is 9.93. The maximum Gasteiger partial charge on any atom is 0.338 e. The van der Waals surface area contributed by atoms with Crippen molar-refractivity contribution in [3.63, 3.8) is 0 Å². The monoisotopic (exact) mass is 387 g/mol. The molecule has 0 unspecified atom stereocenters. The van der Waals surface area contributed by atoms with Crippen LogP contribution in [0.2, 0.25) is 0 Å². The van der Waals surface area contributed by atoms with Crippen LogP contribution in [0.5, 0.6) is 5.75 Å². The second kappa shape index (κ2) is 8.93. The first-order chi connectivity index (χ1) is 14.2. The Morgan fingerprint density at radius 1 is 0.931 bits per heavy atom. The highest BCUT2D eigenvalue weighted by atomic mass is 16.5. The highest BCUT2D eigenvalue weighted by Crippen LogP contribution is 2.32. The van der Waals surface area contributed by atoms with Crippen LogP contribution >= 0.6 is 0 Å². The largest absolute Gasteiger partial charge is 0.475 e. The molecular formula is C25H25NO3. The summed E-state index contributed by atoms with van der Waals surface area (Å²) in [6, 6.07) is 26.5. The van der Waals surface area contributed by atoms with E-state index in [2.05, 4.69) is 53.4 Å². The predicted octanol–water partition coefficient (Wildman–Crippen LogP) is 4.83. The van der Waals surface area contributed by atoms with E-state index in [1.54, 1.807) is 6.07 Å². The van der Waals surface area contributed by atoms with E-state index in [9.17, 15) is 4.79 Å². The topological polar surface area (TPSA) is 38.8 Å². The first kappa shape index (κ1) is 19.2. The first-order valence-corrected chi connectivity index (χ1v) is 9.93. The van der Waals surface area contributed by atoms with Crippen LogP contribution in [0.4, 0.5) is 0 Å². The Morgan fingerprint density at radius 2 is 1.55 bits per heavy atom. The second-order valence-electron chi connectivity index (χ2n) is 7.26. The van der Waals surface area contributed by atoms with Crippen LogP contribution in [0, 0.1) is 0 Å². The number of ether oxygens (including phenoxy) is 2. The van der Waals surface area contributed by atoms with E-state index in [4.69, 9.17) is 9.47 Å². The van der Waals surface area contributed by atoms with Crippen molar-refractivity contribution in [2.45, 2.75) is 32.2 Å². The minimum atomic E-state index is -0.311. The van der Waals surface area contributed by atoms with Crippen LogP contribution in [0.25, 0.3) is 0 Å². The quantitative estimate of drug-likeness (QED) is 0.568. The van der Waals surface area contributed by atoms with Crippen LogP contribution in [0.15, 0.2) is 78.9 Å². The highest BCUT2D eigenvalue weighted by molar-refractivity contribution is 5.91. The summed E-state index contributed by atoms with van der Waals surface area (Å²) in [6.45, 7) is 1.60. The van der Waals surface area contributed by atoms with Crippen LogP contribution in [0.1, 0.15) is 33.5 Å². The molecule has 0 saturated carbocycles. The molecule has 1 heterocycles. The van der Waals surface area contributed by atoms with Gasteiger partial charge < -0.3 is 9.47 Å². The van der Waals surface area contributed by atoms with Crippen LogP contribution in [-0.4, -0.2) is 24.2 Å². The summed E-state index contributed by atoms with van der Waals surface area (Å²) in [5, 5.41) is 0. The standard InChI is InChI=1S/C25H25NO3/c1-28-25(27)22-13-8-14-23-21(22)15-16-24(29-23)26(17-19-9-4-2-5-10-19)18-20-11-6-3-7-12-20/h2-14,24H,15-18H2,1H3/t24-/m1/s1. The van der Waals surface area contributed by atoms with Crippen molar-refractivity contribution in [3.8, 4) is 5.75 Å². The molecule has 3 aromatic carbocycles. The van der Waals surface area contributed by atoms with Crippen LogP contribution in [-0.2, 0) is 24.2 Å². The van der Waals surface area contributed by atoms with E-state index in [1.807, 2.05) is 24.3 Å². The van der Waals surface area contributed by atoms with Crippen molar-refractivity contribution >= 4 is 5.97 Å². The second-order valence-corrected chi connectivity index (χ2v) is 7.26. The van der Waals surface area contributed by atoms with Gasteiger partial charge in [-0.2, -0.15) is 0 Å². The average Bonchev–Trinajstić information content (AvgIpc) is 2.78. The van der Waals surface area contributed by atoms with Crippen molar-refractivity contribution in [1.82, 2.24) is 4.90 Å². The van der Waals surface area contributed by atoms with Crippen molar-refractivity contribution in [1.29, 1.82) is 0 Å². The van der Waals surface area contributed by atoms with E-state index >= 15 is 0 Å². The molecule has 0 aromatic heterocycles. The van der Waals surface area contributed by atoms with Gasteiger partial charge in [-0.15, -0.1) is 0 Å². The average molecular weight is 387 g/mol. The molecule has 0 amide bonds. The minimum absolute atomic E-state index is 0.0594. The summed E-state index contributed by atoms with van der Waals surface area (Å²) >= 11 is 0. The van der Waals surface area contributed by atoms with Crippen molar-refractivity contribution in [2.24, 2.45) is 0 Å². The molecule has 1 aliphatic heterocycles. The van der Waals surface area contributed by atoms with E-state index < -0.39 is 0 Å². The van der Waals surface area contributed by atoms with E-state index in [-0.39, 0.29) is 12.2 Å². The van der Waals surface area contributed by atoms with Gasteiger partial charge in [0.2, 0.25) is 0 Å². The summed E-state index contributed by atoms with van der Waals surface area (Å²) in [7, 11) is 1.41. The number of carbonyl (C=O) groups is 1. The van der Waals surface area contributed by atoms with Gasteiger partial charge in [-0.1, -0.05) is 66.7 Å². The highest BCUT2D eigenvalue weighted by Gasteiger charge is 2.28. The van der Waals surface area contributed by atoms with Crippen molar-refractivity contribution < 1.29 is 14.3 Å². The fraction of sp³-hybridized carbons (Fsp3) is 0.240. The smallest absolute Gasteiger partial charge is 0.338 e. The van der Waals surface area contributed by atoms with Gasteiger partial charge in [0.15, 0.2) is 6.23 Å². The molecular weight excluding hydrogens is 362 g/mol. The third-order valence-corrected chi connectivity index (χ3v) is 5.31. The molecule has 0 bridgehead atoms. The Balaban J connectivity index is 1.59. The summed E-state index contributed by atoms with van der Waals surface area (Å²) in [5.41, 5.74) is 4.04. The molecule has 4 rings (SSSR count). The summed E-state index contributed by atoms with van der Waals surface area (Å²) in [4.78, 5) is 14.5. The number of hydrogen-bond acceptors (Lipinski definition) is 4. The van der Waals surface area contributed by atoms with Crippen molar-refractivity contribution in [3.05, 3.63) is 101 Å². The van der Waals surface area contributed by atoms with Gasteiger partial charge in [0.05, 0.1) is 12.7 Å². The molecule has 3 aromatic rings. The molecule has 1 aliphatic rings.